The van der Waals surface area contributed by atoms with Crippen molar-refractivity contribution in [3.05, 3.63) is 76.8 Å². The fraction of sp³-hybridized carbons (Fsp3) is 0.190. The molecule has 0 saturated heterocycles. The van der Waals surface area contributed by atoms with Gasteiger partial charge in [-0.05, 0) is 55.1 Å². The van der Waals surface area contributed by atoms with Gasteiger partial charge < -0.3 is 10.1 Å². The van der Waals surface area contributed by atoms with Crippen LogP contribution in [0.25, 0.3) is 5.69 Å². The van der Waals surface area contributed by atoms with Gasteiger partial charge in [-0.25, -0.2) is 4.39 Å². The van der Waals surface area contributed by atoms with Crippen LogP contribution in [-0.4, -0.2) is 28.0 Å². The molecule has 3 aromatic rings. The van der Waals surface area contributed by atoms with Crippen LogP contribution < -0.4 is 15.6 Å². The maximum absolute atomic E-state index is 13.1. The minimum atomic E-state index is -0.792. The van der Waals surface area contributed by atoms with E-state index in [0.717, 1.165) is 9.58 Å². The van der Waals surface area contributed by atoms with Crippen LogP contribution in [0.5, 0.6) is 5.88 Å². The zero-order chi connectivity index (χ0) is 20.8. The van der Waals surface area contributed by atoms with Gasteiger partial charge in [0.2, 0.25) is 5.88 Å². The fourth-order valence-corrected chi connectivity index (χ4v) is 3.08. The van der Waals surface area contributed by atoms with Crippen LogP contribution in [0.15, 0.2) is 70.4 Å². The average molecular weight is 413 g/mol. The van der Waals surface area contributed by atoms with Crippen molar-refractivity contribution in [2.75, 3.05) is 11.6 Å². The van der Waals surface area contributed by atoms with Gasteiger partial charge in [0, 0.05) is 22.7 Å². The Balaban J connectivity index is 1.78. The summed E-state index contributed by atoms with van der Waals surface area (Å²) in [6.07, 6.45) is 1.58. The molecule has 1 N–H and O–H groups in total. The van der Waals surface area contributed by atoms with E-state index in [1.54, 1.807) is 17.8 Å². The Bertz CT molecular complexity index is 1050. The summed E-state index contributed by atoms with van der Waals surface area (Å²) in [4.78, 5) is 25.8. The summed E-state index contributed by atoms with van der Waals surface area (Å²) in [6, 6.07) is 15.6. The van der Waals surface area contributed by atoms with E-state index in [1.807, 2.05) is 31.4 Å². The number of thioether (sulfide) groups is 1. The zero-order valence-electron chi connectivity index (χ0n) is 16.0. The topological polar surface area (TPSA) is 73.2 Å². The Hall–Kier alpha value is -3.13. The number of carbonyl (C=O) groups is 1. The van der Waals surface area contributed by atoms with E-state index in [9.17, 15) is 14.0 Å². The van der Waals surface area contributed by atoms with Crippen molar-refractivity contribution >= 4 is 23.4 Å². The number of rotatable bonds is 7. The molecular formula is C21H20FN3O3S. The molecular weight excluding hydrogens is 393 g/mol. The predicted octanol–water partition coefficient (Wildman–Crippen LogP) is 3.89. The first kappa shape index (κ1) is 20.6. The Morgan fingerprint density at radius 3 is 2.66 bits per heavy atom. The summed E-state index contributed by atoms with van der Waals surface area (Å²) in [6.45, 7) is 1.82. The fourth-order valence-electron chi connectivity index (χ4n) is 2.62. The van der Waals surface area contributed by atoms with Crippen molar-refractivity contribution in [3.8, 4) is 11.6 Å². The normalized spacial score (nSPS) is 11.7. The highest BCUT2D eigenvalue weighted by Crippen LogP contribution is 2.20. The average Bonchev–Trinajstić information content (AvgIpc) is 2.73. The van der Waals surface area contributed by atoms with Crippen molar-refractivity contribution in [3.63, 3.8) is 0 Å². The molecule has 0 spiro atoms. The number of benzene rings is 2. The Kier molecular flexibility index (Phi) is 6.66. The van der Waals surface area contributed by atoms with E-state index < -0.39 is 17.5 Å². The number of nitrogens with one attached hydrogen (secondary N) is 1. The van der Waals surface area contributed by atoms with Crippen LogP contribution in [0.4, 0.5) is 10.1 Å². The largest absolute Gasteiger partial charge is 0.463 e. The molecule has 29 heavy (non-hydrogen) atoms. The molecule has 1 heterocycles. The van der Waals surface area contributed by atoms with Gasteiger partial charge in [-0.3, -0.25) is 9.59 Å². The molecule has 1 amide bonds. The number of carbonyl (C=O) groups excluding carboxylic acids is 1. The van der Waals surface area contributed by atoms with Gasteiger partial charge in [0.15, 0.2) is 6.10 Å². The maximum Gasteiger partial charge on any atom is 0.271 e. The number of amides is 1. The standard InChI is InChI=1S/C21H20FN3O3S/c1-3-18(21(27)23-15-5-4-6-17(13-15)29-2)28-19-11-12-20(26)25(24-19)16-9-7-14(22)8-10-16/h4-13,18H,3H2,1-2H3,(H,23,27)/t18-/m0/s1. The minimum Gasteiger partial charge on any atom is -0.463 e. The SMILES string of the molecule is CC[C@H](Oc1ccc(=O)n(-c2ccc(F)cc2)n1)C(=O)Nc1cccc(SC)c1. The number of nitrogens with zero attached hydrogens (tertiary/aromatic N) is 2. The molecule has 6 nitrogen and oxygen atoms in total. The van der Waals surface area contributed by atoms with Gasteiger partial charge in [0.25, 0.3) is 11.5 Å². The van der Waals surface area contributed by atoms with Gasteiger partial charge in [-0.15, -0.1) is 16.9 Å². The second kappa shape index (κ2) is 9.38. The first-order valence-corrected chi connectivity index (χ1v) is 10.2. The summed E-state index contributed by atoms with van der Waals surface area (Å²) in [5.41, 5.74) is 0.678. The van der Waals surface area contributed by atoms with Gasteiger partial charge >= 0.3 is 0 Å². The second-order valence-corrected chi connectivity index (χ2v) is 7.01. The van der Waals surface area contributed by atoms with Gasteiger partial charge in [0.1, 0.15) is 5.82 Å². The molecule has 8 heteroatoms. The Labute approximate surface area is 171 Å². The van der Waals surface area contributed by atoms with E-state index >= 15 is 0 Å². The smallest absolute Gasteiger partial charge is 0.271 e. The summed E-state index contributed by atoms with van der Waals surface area (Å²) < 4.78 is 20.0. The van der Waals surface area contributed by atoms with Crippen molar-refractivity contribution in [2.24, 2.45) is 0 Å². The van der Waals surface area contributed by atoms with Crippen LogP contribution >= 0.6 is 11.8 Å². The lowest BCUT2D eigenvalue weighted by molar-refractivity contribution is -0.123. The number of hydrogen-bond donors (Lipinski definition) is 1. The van der Waals surface area contributed by atoms with Crippen molar-refractivity contribution in [1.29, 1.82) is 0 Å². The molecule has 0 fully saturated rings. The lowest BCUT2D eigenvalue weighted by atomic mass is 10.2. The Morgan fingerprint density at radius 2 is 1.97 bits per heavy atom. The van der Waals surface area contributed by atoms with Crippen LogP contribution in [0.1, 0.15) is 13.3 Å². The third kappa shape index (κ3) is 5.23. The highest BCUT2D eigenvalue weighted by molar-refractivity contribution is 7.98. The highest BCUT2D eigenvalue weighted by atomic mass is 32.2. The third-order valence-electron chi connectivity index (χ3n) is 4.11. The van der Waals surface area contributed by atoms with E-state index in [0.29, 0.717) is 17.8 Å². The number of halogens is 1. The van der Waals surface area contributed by atoms with Crippen LogP contribution in [0.2, 0.25) is 0 Å². The molecule has 150 valence electrons. The molecule has 2 aromatic carbocycles. The Morgan fingerprint density at radius 1 is 1.21 bits per heavy atom. The van der Waals surface area contributed by atoms with Gasteiger partial charge in [-0.1, -0.05) is 13.0 Å². The van der Waals surface area contributed by atoms with E-state index in [2.05, 4.69) is 10.4 Å². The molecule has 0 radical (unpaired) electrons. The first-order valence-electron chi connectivity index (χ1n) is 8.98. The van der Waals surface area contributed by atoms with Crippen LogP contribution in [-0.2, 0) is 4.79 Å². The van der Waals surface area contributed by atoms with E-state index in [-0.39, 0.29) is 11.8 Å². The van der Waals surface area contributed by atoms with E-state index in [1.165, 1.54) is 36.4 Å². The van der Waals surface area contributed by atoms with Crippen molar-refractivity contribution in [1.82, 2.24) is 9.78 Å². The lowest BCUT2D eigenvalue weighted by Crippen LogP contribution is -2.33. The third-order valence-corrected chi connectivity index (χ3v) is 4.84. The molecule has 1 atom stereocenters. The molecule has 0 aliphatic rings. The van der Waals surface area contributed by atoms with Crippen LogP contribution in [0, 0.1) is 5.82 Å². The molecule has 0 saturated carbocycles. The first-order chi connectivity index (χ1) is 14.0. The summed E-state index contributed by atoms with van der Waals surface area (Å²) in [5, 5.41) is 6.99. The minimum absolute atomic E-state index is 0.119. The molecule has 0 unspecified atom stereocenters. The summed E-state index contributed by atoms with van der Waals surface area (Å²) in [5.74, 6) is -0.608. The lowest BCUT2D eigenvalue weighted by Gasteiger charge is -2.17. The molecule has 1 aromatic heterocycles. The second-order valence-electron chi connectivity index (χ2n) is 6.13. The maximum atomic E-state index is 13.1. The number of hydrogen-bond acceptors (Lipinski definition) is 5. The summed E-state index contributed by atoms with van der Waals surface area (Å²) >= 11 is 1.58. The zero-order valence-corrected chi connectivity index (χ0v) is 16.8. The predicted molar refractivity (Wildman–Crippen MR) is 111 cm³/mol. The van der Waals surface area contributed by atoms with Crippen molar-refractivity contribution < 1.29 is 13.9 Å². The monoisotopic (exact) mass is 413 g/mol. The highest BCUT2D eigenvalue weighted by Gasteiger charge is 2.20. The number of aromatic nitrogens is 2. The number of ether oxygens (including phenoxy) is 1. The molecule has 0 aliphatic heterocycles. The number of anilines is 1. The molecule has 3 rings (SSSR count). The van der Waals surface area contributed by atoms with Gasteiger partial charge in [-0.2, -0.15) is 4.68 Å². The summed E-state index contributed by atoms with van der Waals surface area (Å²) in [7, 11) is 0. The van der Waals surface area contributed by atoms with E-state index in [4.69, 9.17) is 4.74 Å². The quantitative estimate of drug-likeness (QED) is 0.595. The van der Waals surface area contributed by atoms with Gasteiger partial charge in [0.05, 0.1) is 5.69 Å². The molecule has 0 bridgehead atoms. The van der Waals surface area contributed by atoms with Crippen molar-refractivity contribution in [2.45, 2.75) is 24.3 Å². The molecule has 0 aliphatic carbocycles. The van der Waals surface area contributed by atoms with Crippen LogP contribution in [0.3, 0.4) is 0 Å².